The predicted molar refractivity (Wildman–Crippen MR) is 126 cm³/mol. The smallest absolute Gasteiger partial charge is 0.191 e. The van der Waals surface area contributed by atoms with Gasteiger partial charge in [0.2, 0.25) is 0 Å². The fourth-order valence-electron chi connectivity index (χ4n) is 2.93. The molecule has 0 spiro atoms. The highest BCUT2D eigenvalue weighted by molar-refractivity contribution is 7.98. The van der Waals surface area contributed by atoms with E-state index in [0.29, 0.717) is 33.2 Å². The normalized spacial score (nSPS) is 11.1. The lowest BCUT2D eigenvalue weighted by atomic mass is 10.1. The Morgan fingerprint density at radius 2 is 1.90 bits per heavy atom. The molecule has 6 nitrogen and oxygen atoms in total. The minimum Gasteiger partial charge on any atom is -0.396 e. The molecule has 0 amide bonds. The van der Waals surface area contributed by atoms with Crippen molar-refractivity contribution in [1.82, 2.24) is 15.0 Å². The highest BCUT2D eigenvalue weighted by Crippen LogP contribution is 2.35. The Balaban J connectivity index is 1.64. The zero-order valence-corrected chi connectivity index (χ0v) is 18.4. The topological polar surface area (TPSA) is 97.0 Å². The number of anilines is 3. The van der Waals surface area contributed by atoms with Crippen molar-refractivity contribution in [1.29, 1.82) is 0 Å². The molecule has 2 heterocycles. The Bertz CT molecular complexity index is 1150. The van der Waals surface area contributed by atoms with Crippen LogP contribution in [0.5, 0.6) is 0 Å². The van der Waals surface area contributed by atoms with Crippen LogP contribution >= 0.6 is 34.7 Å². The van der Waals surface area contributed by atoms with Crippen molar-refractivity contribution >= 4 is 61.7 Å². The van der Waals surface area contributed by atoms with Crippen molar-refractivity contribution in [2.24, 2.45) is 0 Å². The van der Waals surface area contributed by atoms with E-state index in [0.717, 1.165) is 28.1 Å². The third-order valence-electron chi connectivity index (χ3n) is 4.37. The largest absolute Gasteiger partial charge is 0.396 e. The molecule has 0 saturated carbocycles. The summed E-state index contributed by atoms with van der Waals surface area (Å²) in [7, 11) is 0. The quantitative estimate of drug-likeness (QED) is 0.244. The van der Waals surface area contributed by atoms with E-state index in [2.05, 4.69) is 27.4 Å². The average molecular weight is 458 g/mol. The van der Waals surface area contributed by atoms with E-state index in [1.54, 1.807) is 11.8 Å². The number of nitrogen functional groups attached to an aromatic ring is 1. The van der Waals surface area contributed by atoms with E-state index in [-0.39, 0.29) is 6.61 Å². The standard InChI is InChI=1S/C21H20ClN5OS2/c22-15-9-8-13(7-4-10-28)11-16(15)24-18-17-19(25-20(23)30-17)27-21(26-18)29-12-14-5-2-1-3-6-14/h1-3,5-6,8-9,11,28H,4,7,10,12H2,(H3,23,24,25,26,27). The van der Waals surface area contributed by atoms with Crippen LogP contribution in [-0.4, -0.2) is 26.7 Å². The molecule has 30 heavy (non-hydrogen) atoms. The number of aromatic nitrogens is 3. The number of benzene rings is 2. The first-order valence-electron chi connectivity index (χ1n) is 9.39. The van der Waals surface area contributed by atoms with Gasteiger partial charge in [-0.05, 0) is 36.1 Å². The second kappa shape index (κ2) is 9.61. The molecule has 0 aliphatic carbocycles. The van der Waals surface area contributed by atoms with Gasteiger partial charge < -0.3 is 16.2 Å². The van der Waals surface area contributed by atoms with Gasteiger partial charge in [-0.2, -0.15) is 0 Å². The molecule has 0 atom stereocenters. The number of halogens is 1. The van der Waals surface area contributed by atoms with Crippen LogP contribution in [0.25, 0.3) is 10.3 Å². The van der Waals surface area contributed by atoms with Gasteiger partial charge in [0, 0.05) is 12.4 Å². The lowest BCUT2D eigenvalue weighted by molar-refractivity contribution is 0.288. The summed E-state index contributed by atoms with van der Waals surface area (Å²) >= 11 is 9.30. The van der Waals surface area contributed by atoms with Gasteiger partial charge in [-0.1, -0.05) is 71.1 Å². The summed E-state index contributed by atoms with van der Waals surface area (Å²) in [5.74, 6) is 1.38. The van der Waals surface area contributed by atoms with Crippen molar-refractivity contribution in [3.63, 3.8) is 0 Å². The van der Waals surface area contributed by atoms with Crippen LogP contribution in [-0.2, 0) is 12.2 Å². The number of aliphatic hydroxyl groups is 1. The molecular weight excluding hydrogens is 438 g/mol. The third-order valence-corrected chi connectivity index (χ3v) is 6.50. The SMILES string of the molecule is Nc1nc2nc(SCc3ccccc3)nc(Nc3cc(CCCO)ccc3Cl)c2s1. The molecule has 154 valence electrons. The zero-order chi connectivity index (χ0) is 20.9. The molecule has 4 rings (SSSR count). The third kappa shape index (κ3) is 5.02. The van der Waals surface area contributed by atoms with Crippen molar-refractivity contribution in [2.45, 2.75) is 23.8 Å². The first-order chi connectivity index (χ1) is 14.6. The van der Waals surface area contributed by atoms with Gasteiger partial charge in [-0.3, -0.25) is 0 Å². The lowest BCUT2D eigenvalue weighted by Crippen LogP contribution is -1.99. The number of aliphatic hydroxyl groups excluding tert-OH is 1. The number of nitrogens with two attached hydrogens (primary N) is 1. The van der Waals surface area contributed by atoms with Crippen molar-refractivity contribution in [3.8, 4) is 0 Å². The monoisotopic (exact) mass is 457 g/mol. The summed E-state index contributed by atoms with van der Waals surface area (Å²) < 4.78 is 0.786. The number of fused-ring (bicyclic) bond motifs is 1. The van der Waals surface area contributed by atoms with Crippen molar-refractivity contribution < 1.29 is 5.11 Å². The minimum absolute atomic E-state index is 0.153. The maximum absolute atomic E-state index is 9.09. The van der Waals surface area contributed by atoms with E-state index in [1.807, 2.05) is 36.4 Å². The first kappa shape index (κ1) is 20.9. The summed E-state index contributed by atoms with van der Waals surface area (Å²) in [4.78, 5) is 13.6. The Morgan fingerprint density at radius 1 is 1.07 bits per heavy atom. The number of thioether (sulfide) groups is 1. The maximum atomic E-state index is 9.09. The van der Waals surface area contributed by atoms with Gasteiger partial charge in [-0.15, -0.1) is 0 Å². The van der Waals surface area contributed by atoms with Crippen LogP contribution < -0.4 is 11.1 Å². The second-order valence-corrected chi connectivity index (χ2v) is 8.98. The van der Waals surface area contributed by atoms with Gasteiger partial charge in [0.15, 0.2) is 21.8 Å². The van der Waals surface area contributed by atoms with E-state index < -0.39 is 0 Å². The van der Waals surface area contributed by atoms with Gasteiger partial charge in [-0.25, -0.2) is 15.0 Å². The van der Waals surface area contributed by atoms with Crippen LogP contribution in [0.4, 0.5) is 16.6 Å². The molecule has 0 aliphatic heterocycles. The predicted octanol–water partition coefficient (Wildman–Crippen LogP) is 5.28. The maximum Gasteiger partial charge on any atom is 0.191 e. The van der Waals surface area contributed by atoms with Crippen LogP contribution in [0.15, 0.2) is 53.7 Å². The Morgan fingerprint density at radius 3 is 2.70 bits per heavy atom. The van der Waals surface area contributed by atoms with Crippen LogP contribution in [0.2, 0.25) is 5.02 Å². The molecule has 0 radical (unpaired) electrons. The number of rotatable bonds is 8. The number of nitrogens with one attached hydrogen (secondary N) is 1. The van der Waals surface area contributed by atoms with Crippen molar-refractivity contribution in [3.05, 3.63) is 64.7 Å². The lowest BCUT2D eigenvalue weighted by Gasteiger charge is -2.11. The van der Waals surface area contributed by atoms with E-state index in [9.17, 15) is 0 Å². The fourth-order valence-corrected chi connectivity index (χ4v) is 4.60. The van der Waals surface area contributed by atoms with Gasteiger partial charge in [0.05, 0.1) is 10.7 Å². The highest BCUT2D eigenvalue weighted by Gasteiger charge is 2.15. The number of hydrogen-bond acceptors (Lipinski definition) is 8. The molecule has 0 fully saturated rings. The Kier molecular flexibility index (Phi) is 6.69. The molecule has 4 N–H and O–H groups in total. The van der Waals surface area contributed by atoms with Crippen LogP contribution in [0.1, 0.15) is 17.5 Å². The fraction of sp³-hybridized carbons (Fsp3) is 0.190. The number of aryl methyl sites for hydroxylation is 1. The zero-order valence-electron chi connectivity index (χ0n) is 16.0. The number of thiazole rings is 1. The summed E-state index contributed by atoms with van der Waals surface area (Å²) in [5.41, 5.74) is 9.53. The van der Waals surface area contributed by atoms with Gasteiger partial charge in [0.25, 0.3) is 0 Å². The van der Waals surface area contributed by atoms with E-state index in [1.165, 1.54) is 16.9 Å². The van der Waals surface area contributed by atoms with Crippen molar-refractivity contribution in [2.75, 3.05) is 17.7 Å². The van der Waals surface area contributed by atoms with E-state index in [4.69, 9.17) is 27.4 Å². The molecule has 9 heteroatoms. The van der Waals surface area contributed by atoms with Gasteiger partial charge in [0.1, 0.15) is 4.70 Å². The molecule has 2 aromatic heterocycles. The summed E-state index contributed by atoms with van der Waals surface area (Å²) in [6, 6.07) is 16.0. The van der Waals surface area contributed by atoms with Gasteiger partial charge >= 0.3 is 0 Å². The molecule has 0 saturated heterocycles. The average Bonchev–Trinajstić information content (AvgIpc) is 3.14. The number of hydrogen-bond donors (Lipinski definition) is 3. The summed E-state index contributed by atoms with van der Waals surface area (Å²) in [5, 5.41) is 14.1. The molecule has 0 aliphatic rings. The number of nitrogens with zero attached hydrogens (tertiary/aromatic N) is 3. The first-order valence-corrected chi connectivity index (χ1v) is 11.6. The van der Waals surface area contributed by atoms with E-state index >= 15 is 0 Å². The minimum atomic E-state index is 0.153. The molecule has 0 bridgehead atoms. The second-order valence-electron chi connectivity index (χ2n) is 6.60. The Labute approximate surface area is 187 Å². The molecular formula is C21H20ClN5OS2. The highest BCUT2D eigenvalue weighted by atomic mass is 35.5. The molecule has 2 aromatic carbocycles. The molecule has 4 aromatic rings. The Hall–Kier alpha value is -2.39. The molecule has 0 unspecified atom stereocenters. The summed E-state index contributed by atoms with van der Waals surface area (Å²) in [6.07, 6.45) is 1.47. The van der Waals surface area contributed by atoms with Crippen LogP contribution in [0.3, 0.4) is 0 Å². The van der Waals surface area contributed by atoms with Crippen LogP contribution in [0, 0.1) is 0 Å². The summed E-state index contributed by atoms with van der Waals surface area (Å²) in [6.45, 7) is 0.153.